The van der Waals surface area contributed by atoms with Crippen LogP contribution in [-0.2, 0) is 6.54 Å². The maximum atomic E-state index is 6.15. The van der Waals surface area contributed by atoms with E-state index in [-0.39, 0.29) is 0 Å². The number of hydrogen-bond acceptors (Lipinski definition) is 4. The summed E-state index contributed by atoms with van der Waals surface area (Å²) in [6, 6.07) is 7.43. The lowest BCUT2D eigenvalue weighted by molar-refractivity contribution is 0.455. The zero-order chi connectivity index (χ0) is 14.7. The number of imidazole rings is 1. The van der Waals surface area contributed by atoms with Crippen LogP contribution in [0.1, 0.15) is 19.0 Å². The van der Waals surface area contributed by atoms with Gasteiger partial charge in [-0.05, 0) is 25.1 Å². The standard InChI is InChI=1S/C15H16ClN3OS/c1-2-7-17-10-12-14(18-15-19(12)8-9-21-15)20-13-6-4-3-5-11(13)16/h3-6,8-9,17H,2,7,10H2,1H3. The number of benzene rings is 1. The number of nitrogens with one attached hydrogen (secondary N) is 1. The Hall–Kier alpha value is -1.56. The van der Waals surface area contributed by atoms with E-state index in [1.54, 1.807) is 11.3 Å². The van der Waals surface area contributed by atoms with Gasteiger partial charge in [0.05, 0.1) is 5.02 Å². The fourth-order valence-corrected chi connectivity index (χ4v) is 2.97. The molecule has 0 aliphatic rings. The Morgan fingerprint density at radius 3 is 3.05 bits per heavy atom. The van der Waals surface area contributed by atoms with Crippen LogP contribution in [0.5, 0.6) is 11.6 Å². The molecule has 2 heterocycles. The van der Waals surface area contributed by atoms with Crippen molar-refractivity contribution in [3.63, 3.8) is 0 Å². The third-order valence-corrected chi connectivity index (χ3v) is 4.16. The predicted molar refractivity (Wildman–Crippen MR) is 86.6 cm³/mol. The van der Waals surface area contributed by atoms with E-state index in [0.717, 1.165) is 23.6 Å². The first-order valence-corrected chi connectivity index (χ1v) is 8.13. The highest BCUT2D eigenvalue weighted by molar-refractivity contribution is 7.15. The molecule has 4 nitrogen and oxygen atoms in total. The molecular formula is C15H16ClN3OS. The van der Waals surface area contributed by atoms with Crippen molar-refractivity contribution in [1.29, 1.82) is 0 Å². The number of rotatable bonds is 6. The van der Waals surface area contributed by atoms with Gasteiger partial charge in [-0.1, -0.05) is 30.7 Å². The molecule has 3 aromatic rings. The summed E-state index contributed by atoms with van der Waals surface area (Å²) >= 11 is 7.74. The zero-order valence-corrected chi connectivity index (χ0v) is 13.2. The molecule has 0 bridgehead atoms. The van der Waals surface area contributed by atoms with Crippen molar-refractivity contribution in [2.45, 2.75) is 19.9 Å². The van der Waals surface area contributed by atoms with Gasteiger partial charge in [0.15, 0.2) is 4.96 Å². The van der Waals surface area contributed by atoms with Crippen molar-refractivity contribution in [1.82, 2.24) is 14.7 Å². The number of hydrogen-bond donors (Lipinski definition) is 1. The summed E-state index contributed by atoms with van der Waals surface area (Å²) in [5.74, 6) is 1.24. The van der Waals surface area contributed by atoms with Crippen LogP contribution < -0.4 is 10.1 Å². The highest BCUT2D eigenvalue weighted by Crippen LogP contribution is 2.31. The molecule has 110 valence electrons. The fourth-order valence-electron chi connectivity index (χ4n) is 2.07. The minimum Gasteiger partial charge on any atom is -0.436 e. The summed E-state index contributed by atoms with van der Waals surface area (Å²) in [6.07, 6.45) is 3.10. The quantitative estimate of drug-likeness (QED) is 0.686. The highest BCUT2D eigenvalue weighted by Gasteiger charge is 2.15. The molecule has 0 spiro atoms. The minimum atomic E-state index is 0.585. The van der Waals surface area contributed by atoms with Crippen LogP contribution in [0.2, 0.25) is 5.02 Å². The lowest BCUT2D eigenvalue weighted by Crippen LogP contribution is -2.15. The summed E-state index contributed by atoms with van der Waals surface area (Å²) < 4.78 is 7.97. The van der Waals surface area contributed by atoms with Crippen LogP contribution in [-0.4, -0.2) is 15.9 Å². The Labute approximate surface area is 132 Å². The van der Waals surface area contributed by atoms with Gasteiger partial charge in [-0.25, -0.2) is 0 Å². The zero-order valence-electron chi connectivity index (χ0n) is 11.7. The fraction of sp³-hybridized carbons (Fsp3) is 0.267. The normalized spacial score (nSPS) is 11.1. The molecule has 1 N–H and O–H groups in total. The second kappa shape index (κ2) is 6.47. The monoisotopic (exact) mass is 321 g/mol. The summed E-state index contributed by atoms with van der Waals surface area (Å²) in [5, 5.41) is 5.99. The van der Waals surface area contributed by atoms with Crippen LogP contribution in [0, 0.1) is 0 Å². The second-order valence-corrected chi connectivity index (χ2v) is 5.91. The van der Waals surface area contributed by atoms with Crippen molar-refractivity contribution in [3.05, 3.63) is 46.6 Å². The van der Waals surface area contributed by atoms with E-state index in [2.05, 4.69) is 21.6 Å². The first-order valence-electron chi connectivity index (χ1n) is 6.87. The van der Waals surface area contributed by atoms with E-state index in [1.807, 2.05) is 35.8 Å². The summed E-state index contributed by atoms with van der Waals surface area (Å²) in [4.78, 5) is 5.47. The Balaban J connectivity index is 1.91. The van der Waals surface area contributed by atoms with Gasteiger partial charge in [0.2, 0.25) is 5.88 Å². The van der Waals surface area contributed by atoms with E-state index in [9.17, 15) is 0 Å². The van der Waals surface area contributed by atoms with Crippen LogP contribution in [0.25, 0.3) is 4.96 Å². The number of fused-ring (bicyclic) bond motifs is 1. The molecule has 0 saturated heterocycles. The SMILES string of the molecule is CCCNCc1c(Oc2ccccc2Cl)nc2sccn12. The van der Waals surface area contributed by atoms with E-state index >= 15 is 0 Å². The highest BCUT2D eigenvalue weighted by atomic mass is 35.5. The van der Waals surface area contributed by atoms with Crippen molar-refractivity contribution < 1.29 is 4.74 Å². The average Bonchev–Trinajstić information content (AvgIpc) is 3.04. The molecule has 21 heavy (non-hydrogen) atoms. The third kappa shape index (κ3) is 3.05. The molecule has 0 saturated carbocycles. The Bertz CT molecular complexity index is 737. The summed E-state index contributed by atoms with van der Waals surface area (Å²) in [6.45, 7) is 3.82. The number of thiazole rings is 1. The molecular weight excluding hydrogens is 306 g/mol. The molecule has 0 aliphatic carbocycles. The number of halogens is 1. The number of nitrogens with zero attached hydrogens (tertiary/aromatic N) is 2. The van der Waals surface area contributed by atoms with Crippen LogP contribution in [0.15, 0.2) is 35.8 Å². The largest absolute Gasteiger partial charge is 0.436 e. The van der Waals surface area contributed by atoms with Gasteiger partial charge in [0, 0.05) is 18.1 Å². The lowest BCUT2D eigenvalue weighted by atomic mass is 10.3. The van der Waals surface area contributed by atoms with Crippen molar-refractivity contribution in [2.24, 2.45) is 0 Å². The van der Waals surface area contributed by atoms with Crippen LogP contribution in [0.3, 0.4) is 0 Å². The number of ether oxygens (including phenoxy) is 1. The van der Waals surface area contributed by atoms with E-state index in [0.29, 0.717) is 23.2 Å². The number of para-hydroxylation sites is 1. The van der Waals surface area contributed by atoms with Gasteiger partial charge in [-0.3, -0.25) is 4.40 Å². The van der Waals surface area contributed by atoms with Gasteiger partial charge in [0.25, 0.3) is 0 Å². The molecule has 0 radical (unpaired) electrons. The van der Waals surface area contributed by atoms with Gasteiger partial charge in [-0.2, -0.15) is 4.98 Å². The topological polar surface area (TPSA) is 38.6 Å². The van der Waals surface area contributed by atoms with Gasteiger partial charge >= 0.3 is 0 Å². The molecule has 0 fully saturated rings. The molecule has 3 rings (SSSR count). The Kier molecular flexibility index (Phi) is 4.43. The maximum absolute atomic E-state index is 6.15. The lowest BCUT2D eigenvalue weighted by Gasteiger charge is -2.08. The summed E-state index contributed by atoms with van der Waals surface area (Å²) in [7, 11) is 0. The molecule has 6 heteroatoms. The summed E-state index contributed by atoms with van der Waals surface area (Å²) in [5.41, 5.74) is 1.01. The minimum absolute atomic E-state index is 0.585. The third-order valence-electron chi connectivity index (χ3n) is 3.09. The molecule has 0 unspecified atom stereocenters. The second-order valence-electron chi connectivity index (χ2n) is 4.63. The maximum Gasteiger partial charge on any atom is 0.243 e. The molecule has 0 aliphatic heterocycles. The molecule has 2 aromatic heterocycles. The Morgan fingerprint density at radius 2 is 2.24 bits per heavy atom. The van der Waals surface area contributed by atoms with Crippen molar-refractivity contribution >= 4 is 27.9 Å². The smallest absolute Gasteiger partial charge is 0.243 e. The predicted octanol–water partition coefficient (Wildman–Crippen LogP) is 4.34. The molecule has 0 amide bonds. The molecule has 0 atom stereocenters. The van der Waals surface area contributed by atoms with Gasteiger partial charge < -0.3 is 10.1 Å². The first-order chi connectivity index (χ1) is 10.3. The van der Waals surface area contributed by atoms with E-state index in [1.165, 1.54) is 0 Å². The Morgan fingerprint density at radius 1 is 1.38 bits per heavy atom. The van der Waals surface area contributed by atoms with Gasteiger partial charge in [0.1, 0.15) is 11.4 Å². The first kappa shape index (κ1) is 14.4. The number of aromatic nitrogens is 2. The van der Waals surface area contributed by atoms with Crippen LogP contribution in [0.4, 0.5) is 0 Å². The van der Waals surface area contributed by atoms with Crippen molar-refractivity contribution in [3.8, 4) is 11.6 Å². The van der Waals surface area contributed by atoms with E-state index < -0.39 is 0 Å². The van der Waals surface area contributed by atoms with Crippen molar-refractivity contribution in [2.75, 3.05) is 6.54 Å². The van der Waals surface area contributed by atoms with Gasteiger partial charge in [-0.15, -0.1) is 11.3 Å². The van der Waals surface area contributed by atoms with E-state index in [4.69, 9.17) is 16.3 Å². The average molecular weight is 322 g/mol. The molecule has 1 aromatic carbocycles. The van der Waals surface area contributed by atoms with Crippen LogP contribution >= 0.6 is 22.9 Å².